The molecule has 1 aliphatic rings. The molecular weight excluding hydrogens is 445 g/mol. The van der Waals surface area contributed by atoms with Crippen LogP contribution in [-0.4, -0.2) is 54.2 Å². The van der Waals surface area contributed by atoms with Gasteiger partial charge in [-0.25, -0.2) is 0 Å². The molecule has 1 heterocycles. The molecule has 0 aliphatic carbocycles. The average molecular weight is 466 g/mol. The molecule has 1 saturated heterocycles. The molecule has 1 amide bonds. The van der Waals surface area contributed by atoms with Gasteiger partial charge in [0.1, 0.15) is 17.3 Å². The first-order chi connectivity index (χ1) is 14.8. The Kier molecular flexibility index (Phi) is 7.10. The lowest BCUT2D eigenvalue weighted by atomic mass is 9.94. The second kappa shape index (κ2) is 9.60. The smallest absolute Gasteiger partial charge is 0.295 e. The molecule has 1 unspecified atom stereocenters. The van der Waals surface area contributed by atoms with Crippen molar-refractivity contribution in [3.05, 3.63) is 63.1 Å². The maximum atomic E-state index is 13.0. The largest absolute Gasteiger partial charge is 0.508 e. The molecule has 0 aromatic heterocycles. The Labute approximate surface area is 189 Å². The van der Waals surface area contributed by atoms with Gasteiger partial charge in [-0.05, 0) is 36.2 Å². The quantitative estimate of drug-likeness (QED) is 0.275. The molecular formula is C22H21Cl2NO6. The summed E-state index contributed by atoms with van der Waals surface area (Å²) < 4.78 is 10.3. The molecule has 0 radical (unpaired) electrons. The fourth-order valence-corrected chi connectivity index (χ4v) is 4.19. The van der Waals surface area contributed by atoms with Crippen LogP contribution in [-0.2, 0) is 14.3 Å². The summed E-state index contributed by atoms with van der Waals surface area (Å²) in [5.74, 6) is -2.02. The van der Waals surface area contributed by atoms with Gasteiger partial charge in [0.2, 0.25) is 0 Å². The molecule has 0 saturated carbocycles. The Bertz CT molecular complexity index is 1050. The Balaban J connectivity index is 2.23. The third-order valence-electron chi connectivity index (χ3n) is 4.94. The van der Waals surface area contributed by atoms with Gasteiger partial charge in [-0.15, -0.1) is 0 Å². The van der Waals surface area contributed by atoms with Crippen LogP contribution < -0.4 is 4.74 Å². The van der Waals surface area contributed by atoms with Gasteiger partial charge in [0, 0.05) is 25.3 Å². The number of phenols is 1. The third-order valence-corrected chi connectivity index (χ3v) is 5.44. The molecule has 9 heteroatoms. The number of benzene rings is 2. The highest BCUT2D eigenvalue weighted by Gasteiger charge is 2.46. The molecule has 2 N–H and O–H groups in total. The molecule has 7 nitrogen and oxygen atoms in total. The fourth-order valence-electron chi connectivity index (χ4n) is 3.62. The highest BCUT2D eigenvalue weighted by molar-refractivity contribution is 6.46. The Morgan fingerprint density at radius 2 is 1.90 bits per heavy atom. The monoisotopic (exact) mass is 465 g/mol. The highest BCUT2D eigenvalue weighted by Crippen LogP contribution is 2.43. The number of aliphatic hydroxyl groups excluding tert-OH is 1. The van der Waals surface area contributed by atoms with Crippen LogP contribution in [0.5, 0.6) is 11.5 Å². The Morgan fingerprint density at radius 3 is 2.55 bits per heavy atom. The van der Waals surface area contributed by atoms with Crippen LogP contribution in [0.4, 0.5) is 0 Å². The lowest BCUT2D eigenvalue weighted by Crippen LogP contribution is -2.31. The number of hydrogen-bond acceptors (Lipinski definition) is 6. The van der Waals surface area contributed by atoms with E-state index in [1.54, 1.807) is 12.1 Å². The summed E-state index contributed by atoms with van der Waals surface area (Å²) in [5, 5.41) is 21.5. The summed E-state index contributed by atoms with van der Waals surface area (Å²) in [4.78, 5) is 27.2. The molecule has 1 atom stereocenters. The van der Waals surface area contributed by atoms with Crippen molar-refractivity contribution in [1.82, 2.24) is 4.90 Å². The fraction of sp³-hybridized carbons (Fsp3) is 0.273. The van der Waals surface area contributed by atoms with Crippen molar-refractivity contribution < 1.29 is 29.3 Å². The van der Waals surface area contributed by atoms with E-state index in [0.717, 1.165) is 0 Å². The number of ketones is 1. The van der Waals surface area contributed by atoms with Crippen LogP contribution in [0.25, 0.3) is 5.76 Å². The number of likely N-dealkylation sites (tertiary alicyclic amines) is 1. The Morgan fingerprint density at radius 1 is 1.16 bits per heavy atom. The number of rotatable bonds is 7. The summed E-state index contributed by atoms with van der Waals surface area (Å²) in [6.07, 6.45) is 0.477. The standard InChI is InChI=1S/C22H21Cl2NO6/c1-30-8-4-7-25-18(12-5-3-6-14(26)9-12)17(20(28)22(25)29)19(27)15-10-13(23)11-16(24)21(15)31-2/h3,5-6,9-11,18,26-27H,4,7-8H2,1-2H3/b19-17+. The zero-order chi connectivity index (χ0) is 22.7. The first kappa shape index (κ1) is 22.9. The first-order valence-electron chi connectivity index (χ1n) is 9.39. The maximum Gasteiger partial charge on any atom is 0.295 e. The van der Waals surface area contributed by atoms with Gasteiger partial charge in [0.25, 0.3) is 11.7 Å². The van der Waals surface area contributed by atoms with Gasteiger partial charge in [-0.3, -0.25) is 9.59 Å². The SMILES string of the molecule is COCCCN1C(=O)C(=O)/C(=C(/O)c2cc(Cl)cc(Cl)c2OC)C1c1cccc(O)c1. The minimum Gasteiger partial charge on any atom is -0.508 e. The number of aromatic hydroxyl groups is 1. The number of Topliss-reactive ketones (excluding diaryl/α,β-unsaturated/α-hetero) is 1. The number of carbonyl (C=O) groups excluding carboxylic acids is 2. The molecule has 0 spiro atoms. The summed E-state index contributed by atoms with van der Waals surface area (Å²) in [5.41, 5.74) is 0.398. The molecule has 0 bridgehead atoms. The number of aliphatic hydroxyl groups is 1. The van der Waals surface area contributed by atoms with Crippen LogP contribution in [0.15, 0.2) is 42.0 Å². The topological polar surface area (TPSA) is 96.3 Å². The number of halogens is 2. The van der Waals surface area contributed by atoms with Crippen LogP contribution in [0.3, 0.4) is 0 Å². The van der Waals surface area contributed by atoms with Crippen molar-refractivity contribution in [1.29, 1.82) is 0 Å². The number of ether oxygens (including phenoxy) is 2. The minimum absolute atomic E-state index is 0.0386. The van der Waals surface area contributed by atoms with E-state index < -0.39 is 23.5 Å². The van der Waals surface area contributed by atoms with E-state index in [2.05, 4.69) is 0 Å². The van der Waals surface area contributed by atoms with E-state index in [1.807, 2.05) is 0 Å². The number of hydrogen-bond donors (Lipinski definition) is 2. The van der Waals surface area contributed by atoms with Gasteiger partial charge in [0.05, 0.1) is 29.3 Å². The highest BCUT2D eigenvalue weighted by atomic mass is 35.5. The van der Waals surface area contributed by atoms with Crippen molar-refractivity contribution >= 4 is 40.7 Å². The van der Waals surface area contributed by atoms with Crippen LogP contribution in [0, 0.1) is 0 Å². The third kappa shape index (κ3) is 4.49. The van der Waals surface area contributed by atoms with Crippen molar-refractivity contribution in [2.75, 3.05) is 27.4 Å². The van der Waals surface area contributed by atoms with Crippen LogP contribution in [0.1, 0.15) is 23.6 Å². The second-order valence-corrected chi connectivity index (χ2v) is 7.75. The normalized spacial score (nSPS) is 17.9. The van der Waals surface area contributed by atoms with Gasteiger partial charge < -0.3 is 24.6 Å². The number of phenolic OH excluding ortho intramolecular Hbond substituents is 1. The van der Waals surface area contributed by atoms with E-state index in [-0.39, 0.29) is 39.2 Å². The summed E-state index contributed by atoms with van der Waals surface area (Å²) in [7, 11) is 2.90. The van der Waals surface area contributed by atoms with E-state index in [9.17, 15) is 19.8 Å². The predicted octanol–water partition coefficient (Wildman–Crippen LogP) is 4.17. The van der Waals surface area contributed by atoms with Gasteiger partial charge in [-0.2, -0.15) is 0 Å². The molecule has 31 heavy (non-hydrogen) atoms. The number of amides is 1. The van der Waals surface area contributed by atoms with Crippen molar-refractivity contribution in [3.63, 3.8) is 0 Å². The van der Waals surface area contributed by atoms with Crippen molar-refractivity contribution in [2.45, 2.75) is 12.5 Å². The second-order valence-electron chi connectivity index (χ2n) is 6.90. The van der Waals surface area contributed by atoms with E-state index in [0.29, 0.717) is 18.6 Å². The molecule has 1 aliphatic heterocycles. The lowest BCUT2D eigenvalue weighted by molar-refractivity contribution is -0.140. The molecule has 2 aromatic rings. The van der Waals surface area contributed by atoms with Crippen molar-refractivity contribution in [2.24, 2.45) is 0 Å². The predicted molar refractivity (Wildman–Crippen MR) is 117 cm³/mol. The van der Waals surface area contributed by atoms with Crippen LogP contribution >= 0.6 is 23.2 Å². The number of nitrogens with zero attached hydrogens (tertiary/aromatic N) is 1. The summed E-state index contributed by atoms with van der Waals surface area (Å²) in [6, 6.07) is 8.09. The molecule has 3 rings (SSSR count). The van der Waals surface area contributed by atoms with Gasteiger partial charge >= 0.3 is 0 Å². The number of methoxy groups -OCH3 is 2. The molecule has 164 valence electrons. The average Bonchev–Trinajstić information content (AvgIpc) is 2.98. The van der Waals surface area contributed by atoms with E-state index >= 15 is 0 Å². The first-order valence-corrected chi connectivity index (χ1v) is 10.2. The van der Waals surface area contributed by atoms with Gasteiger partial charge in [-0.1, -0.05) is 35.3 Å². The van der Waals surface area contributed by atoms with Crippen molar-refractivity contribution in [3.8, 4) is 11.5 Å². The minimum atomic E-state index is -0.925. The van der Waals surface area contributed by atoms with Gasteiger partial charge in [0.15, 0.2) is 0 Å². The zero-order valence-electron chi connectivity index (χ0n) is 16.9. The summed E-state index contributed by atoms with van der Waals surface area (Å²) >= 11 is 12.3. The van der Waals surface area contributed by atoms with Crippen LogP contribution in [0.2, 0.25) is 10.0 Å². The maximum absolute atomic E-state index is 13.0. The molecule has 1 fully saturated rings. The van der Waals surface area contributed by atoms with E-state index in [4.69, 9.17) is 32.7 Å². The number of carbonyl (C=O) groups is 2. The zero-order valence-corrected chi connectivity index (χ0v) is 18.4. The molecule has 2 aromatic carbocycles. The lowest BCUT2D eigenvalue weighted by Gasteiger charge is -2.25. The summed E-state index contributed by atoms with van der Waals surface area (Å²) in [6.45, 7) is 0.594. The van der Waals surface area contributed by atoms with E-state index in [1.165, 1.54) is 43.4 Å². The Hall–Kier alpha value is -2.74.